The van der Waals surface area contributed by atoms with Crippen LogP contribution >= 0.6 is 23.2 Å². The molecular formula is C26H19Cl2FN8O. The van der Waals surface area contributed by atoms with Gasteiger partial charge in [-0.05, 0) is 42.0 Å². The summed E-state index contributed by atoms with van der Waals surface area (Å²) in [5.74, 6) is -0.552. The second-order valence-electron chi connectivity index (χ2n) is 8.26. The summed E-state index contributed by atoms with van der Waals surface area (Å²) in [5.41, 5.74) is 3.71. The lowest BCUT2D eigenvalue weighted by Gasteiger charge is -2.19. The Bertz CT molecular complexity index is 1660. The molecule has 3 N–H and O–H groups in total. The lowest BCUT2D eigenvalue weighted by molar-refractivity contribution is 0.268. The number of nitrogens with zero attached hydrogens (tertiary/aromatic N) is 6. The number of rotatable bonds is 8. The van der Waals surface area contributed by atoms with Crippen molar-refractivity contribution in [3.63, 3.8) is 0 Å². The van der Waals surface area contributed by atoms with Crippen molar-refractivity contribution in [2.75, 3.05) is 17.2 Å². The molecule has 0 spiro atoms. The van der Waals surface area contributed by atoms with E-state index in [9.17, 15) is 14.8 Å². The highest BCUT2D eigenvalue weighted by Gasteiger charge is 2.20. The molecule has 5 aromatic rings. The third-order valence-corrected chi connectivity index (χ3v) is 6.32. The SMILES string of the molecule is N#Cc1cnc2c(Cl)cc(N[C@@H](c3cccnc3)c3cn(CCO)nn3)cc2c1Nc1ccc(F)c(Cl)c1. The highest BCUT2D eigenvalue weighted by molar-refractivity contribution is 6.36. The van der Waals surface area contributed by atoms with Crippen LogP contribution in [-0.4, -0.2) is 36.7 Å². The van der Waals surface area contributed by atoms with Crippen molar-refractivity contribution >= 4 is 51.2 Å². The van der Waals surface area contributed by atoms with E-state index in [0.29, 0.717) is 45.2 Å². The van der Waals surface area contributed by atoms with E-state index >= 15 is 0 Å². The number of nitrogens with one attached hydrogen (secondary N) is 2. The molecule has 38 heavy (non-hydrogen) atoms. The molecule has 0 aliphatic carbocycles. The van der Waals surface area contributed by atoms with Gasteiger partial charge in [-0.15, -0.1) is 5.10 Å². The Morgan fingerprint density at radius 3 is 2.68 bits per heavy atom. The van der Waals surface area contributed by atoms with Gasteiger partial charge in [-0.25, -0.2) is 9.07 Å². The molecule has 2 aromatic carbocycles. The van der Waals surface area contributed by atoms with Crippen LogP contribution in [0.15, 0.2) is 67.3 Å². The van der Waals surface area contributed by atoms with Crippen molar-refractivity contribution in [3.05, 3.63) is 99.9 Å². The summed E-state index contributed by atoms with van der Waals surface area (Å²) in [7, 11) is 0. The van der Waals surface area contributed by atoms with Gasteiger partial charge in [0.1, 0.15) is 17.6 Å². The second-order valence-corrected chi connectivity index (χ2v) is 9.07. The average Bonchev–Trinajstić information content (AvgIpc) is 3.38. The normalized spacial score (nSPS) is 11.8. The van der Waals surface area contributed by atoms with Crippen LogP contribution in [0.3, 0.4) is 0 Å². The maximum absolute atomic E-state index is 13.7. The number of aliphatic hydroxyl groups excluding tert-OH is 1. The molecular weight excluding hydrogens is 530 g/mol. The predicted octanol–water partition coefficient (Wildman–Crippen LogP) is 5.48. The molecule has 0 radical (unpaired) electrons. The lowest BCUT2D eigenvalue weighted by Crippen LogP contribution is -2.13. The predicted molar refractivity (Wildman–Crippen MR) is 143 cm³/mol. The van der Waals surface area contributed by atoms with E-state index in [1.54, 1.807) is 29.3 Å². The number of hydrogen-bond donors (Lipinski definition) is 3. The number of anilines is 3. The molecule has 3 heterocycles. The fraction of sp³-hybridized carbons (Fsp3) is 0.115. The van der Waals surface area contributed by atoms with Crippen molar-refractivity contribution in [2.24, 2.45) is 0 Å². The zero-order valence-electron chi connectivity index (χ0n) is 19.6. The standard InChI is InChI=1S/C26H19Cl2FN8O/c27-20-9-17(3-4-22(20)29)33-24-16(11-30)13-32-26-19(24)8-18(10-21(26)28)34-25(15-2-1-5-31-12-15)23-14-37(6-7-38)36-35-23/h1-5,8-10,12-14,25,34,38H,6-7H2,(H,32,33)/t25-/m0/s1. The van der Waals surface area contributed by atoms with Gasteiger partial charge in [0.05, 0.1) is 52.2 Å². The van der Waals surface area contributed by atoms with E-state index in [1.165, 1.54) is 24.4 Å². The Hall–Kier alpha value is -4.30. The van der Waals surface area contributed by atoms with Gasteiger partial charge in [0.2, 0.25) is 0 Å². The van der Waals surface area contributed by atoms with Crippen LogP contribution in [0.1, 0.15) is 22.9 Å². The van der Waals surface area contributed by atoms with E-state index in [-0.39, 0.29) is 17.2 Å². The number of benzene rings is 2. The molecule has 0 amide bonds. The maximum atomic E-state index is 13.7. The van der Waals surface area contributed by atoms with Crippen LogP contribution in [0.5, 0.6) is 0 Å². The number of aliphatic hydroxyl groups is 1. The van der Waals surface area contributed by atoms with Gasteiger partial charge in [-0.2, -0.15) is 5.26 Å². The minimum absolute atomic E-state index is 0.0548. The first kappa shape index (κ1) is 25.4. The zero-order valence-corrected chi connectivity index (χ0v) is 21.1. The van der Waals surface area contributed by atoms with Crippen LogP contribution in [0.25, 0.3) is 10.9 Å². The monoisotopic (exact) mass is 548 g/mol. The molecule has 0 aliphatic rings. The van der Waals surface area contributed by atoms with E-state index in [2.05, 4.69) is 37.0 Å². The fourth-order valence-corrected chi connectivity index (χ4v) is 4.43. The van der Waals surface area contributed by atoms with E-state index in [4.69, 9.17) is 23.2 Å². The first-order valence-electron chi connectivity index (χ1n) is 11.4. The summed E-state index contributed by atoms with van der Waals surface area (Å²) in [4.78, 5) is 8.60. The zero-order chi connectivity index (χ0) is 26.6. The van der Waals surface area contributed by atoms with Crippen LogP contribution in [0.4, 0.5) is 21.5 Å². The van der Waals surface area contributed by atoms with E-state index in [1.807, 2.05) is 18.2 Å². The van der Waals surface area contributed by atoms with Gasteiger partial charge in [0, 0.05) is 35.4 Å². The Balaban J connectivity index is 1.60. The summed E-state index contributed by atoms with van der Waals surface area (Å²) in [6.45, 7) is 0.233. The summed E-state index contributed by atoms with van der Waals surface area (Å²) >= 11 is 12.6. The molecule has 0 aliphatic heterocycles. The molecule has 0 saturated heterocycles. The Morgan fingerprint density at radius 1 is 1.11 bits per heavy atom. The van der Waals surface area contributed by atoms with Gasteiger partial charge in [-0.3, -0.25) is 9.97 Å². The first-order valence-corrected chi connectivity index (χ1v) is 12.1. The van der Waals surface area contributed by atoms with Crippen LogP contribution in [0, 0.1) is 17.1 Å². The second kappa shape index (κ2) is 11.0. The van der Waals surface area contributed by atoms with Crippen molar-refractivity contribution < 1.29 is 9.50 Å². The molecule has 0 unspecified atom stereocenters. The smallest absolute Gasteiger partial charge is 0.141 e. The molecule has 0 saturated carbocycles. The summed E-state index contributed by atoms with van der Waals surface area (Å²) in [6.07, 6.45) is 6.55. The largest absolute Gasteiger partial charge is 0.394 e. The van der Waals surface area contributed by atoms with Gasteiger partial charge >= 0.3 is 0 Å². The summed E-state index contributed by atoms with van der Waals surface area (Å²) < 4.78 is 15.3. The Morgan fingerprint density at radius 2 is 1.95 bits per heavy atom. The summed E-state index contributed by atoms with van der Waals surface area (Å²) in [6, 6.07) is 13.1. The fourth-order valence-electron chi connectivity index (χ4n) is 3.98. The minimum Gasteiger partial charge on any atom is -0.394 e. The highest BCUT2D eigenvalue weighted by Crippen LogP contribution is 2.37. The number of fused-ring (bicyclic) bond motifs is 1. The Labute approximate surface area is 226 Å². The third kappa shape index (κ3) is 5.21. The van der Waals surface area contributed by atoms with Crippen molar-refractivity contribution in [3.8, 4) is 6.07 Å². The molecule has 190 valence electrons. The number of pyridine rings is 2. The van der Waals surface area contributed by atoms with Crippen molar-refractivity contribution in [2.45, 2.75) is 12.6 Å². The van der Waals surface area contributed by atoms with Gasteiger partial charge in [-0.1, -0.05) is 34.5 Å². The molecule has 12 heteroatoms. The highest BCUT2D eigenvalue weighted by atomic mass is 35.5. The minimum atomic E-state index is -0.552. The van der Waals surface area contributed by atoms with Crippen LogP contribution in [-0.2, 0) is 6.54 Å². The average molecular weight is 549 g/mol. The first-order chi connectivity index (χ1) is 18.5. The topological polar surface area (TPSA) is 125 Å². The molecule has 9 nitrogen and oxygen atoms in total. The van der Waals surface area contributed by atoms with Crippen molar-refractivity contribution in [1.82, 2.24) is 25.0 Å². The van der Waals surface area contributed by atoms with Crippen molar-refractivity contribution in [1.29, 1.82) is 5.26 Å². The molecule has 1 atom stereocenters. The molecule has 0 bridgehead atoms. The van der Waals surface area contributed by atoms with Gasteiger partial charge < -0.3 is 15.7 Å². The number of hydrogen-bond acceptors (Lipinski definition) is 8. The molecule has 0 fully saturated rings. The van der Waals surface area contributed by atoms with Gasteiger partial charge in [0.15, 0.2) is 0 Å². The number of halogens is 3. The van der Waals surface area contributed by atoms with E-state index < -0.39 is 11.9 Å². The van der Waals surface area contributed by atoms with Crippen LogP contribution < -0.4 is 10.6 Å². The number of nitriles is 1. The lowest BCUT2D eigenvalue weighted by atomic mass is 10.0. The molecule has 5 rings (SSSR count). The summed E-state index contributed by atoms with van der Waals surface area (Å²) in [5, 5.41) is 34.9. The maximum Gasteiger partial charge on any atom is 0.141 e. The van der Waals surface area contributed by atoms with E-state index in [0.717, 1.165) is 5.56 Å². The quantitative estimate of drug-likeness (QED) is 0.233. The Kier molecular flexibility index (Phi) is 7.33. The third-order valence-electron chi connectivity index (χ3n) is 5.74. The number of aromatic nitrogens is 5. The van der Waals surface area contributed by atoms with Crippen LogP contribution in [0.2, 0.25) is 10.0 Å². The van der Waals surface area contributed by atoms with Gasteiger partial charge in [0.25, 0.3) is 0 Å². The molecule has 3 aromatic heterocycles.